The van der Waals surface area contributed by atoms with Crippen LogP contribution in [0.2, 0.25) is 0 Å². The lowest BCUT2D eigenvalue weighted by molar-refractivity contribution is 0.609. The van der Waals surface area contributed by atoms with Crippen molar-refractivity contribution >= 4 is 0 Å². The molecule has 0 radical (unpaired) electrons. The second-order valence-electron chi connectivity index (χ2n) is 4.74. The van der Waals surface area contributed by atoms with Crippen molar-refractivity contribution in [3.63, 3.8) is 0 Å². The van der Waals surface area contributed by atoms with Crippen LogP contribution in [0, 0.1) is 17.8 Å². The van der Waals surface area contributed by atoms with Gasteiger partial charge in [-0.2, -0.15) is 0 Å². The normalized spacial score (nSPS) is 13.6. The molecule has 1 aromatic carbocycles. The minimum absolute atomic E-state index is 0.437. The van der Waals surface area contributed by atoms with Gasteiger partial charge in [0.1, 0.15) is 0 Å². The number of hydrogen-bond donors (Lipinski definition) is 0. The van der Waals surface area contributed by atoms with E-state index in [0.717, 1.165) is 6.42 Å². The standard InChI is InChI=1S/C17H24/c1-5-7-9-14(3)15(4)17-12-10-16(8-6-2)11-13-17/h10-15H,5-6,8H2,1-4H3. The largest absolute Gasteiger partial charge is 0.103 e. The van der Waals surface area contributed by atoms with Crippen LogP contribution in [0.4, 0.5) is 0 Å². The fourth-order valence-corrected chi connectivity index (χ4v) is 1.95. The zero-order valence-electron chi connectivity index (χ0n) is 11.6. The minimum atomic E-state index is 0.437. The molecular weight excluding hydrogens is 204 g/mol. The van der Waals surface area contributed by atoms with Crippen molar-refractivity contribution in [3.05, 3.63) is 35.4 Å². The number of rotatable bonds is 4. The predicted octanol–water partition coefficient (Wildman–Crippen LogP) is 4.79. The summed E-state index contributed by atoms with van der Waals surface area (Å²) in [6.45, 7) is 8.81. The van der Waals surface area contributed by atoms with Crippen LogP contribution in [-0.4, -0.2) is 0 Å². The monoisotopic (exact) mass is 228 g/mol. The van der Waals surface area contributed by atoms with Crippen molar-refractivity contribution in [1.82, 2.24) is 0 Å². The molecule has 92 valence electrons. The maximum absolute atomic E-state index is 3.32. The van der Waals surface area contributed by atoms with Gasteiger partial charge in [0.25, 0.3) is 0 Å². The van der Waals surface area contributed by atoms with Gasteiger partial charge in [0.2, 0.25) is 0 Å². The molecule has 0 N–H and O–H groups in total. The summed E-state index contributed by atoms with van der Waals surface area (Å²) in [6, 6.07) is 9.05. The Bertz CT molecular complexity index is 375. The van der Waals surface area contributed by atoms with Gasteiger partial charge in [0.15, 0.2) is 0 Å². The predicted molar refractivity (Wildman–Crippen MR) is 76.1 cm³/mol. The molecule has 0 bridgehead atoms. The van der Waals surface area contributed by atoms with Crippen LogP contribution in [0.25, 0.3) is 0 Å². The molecule has 0 aliphatic carbocycles. The lowest BCUT2D eigenvalue weighted by Gasteiger charge is -2.15. The van der Waals surface area contributed by atoms with Gasteiger partial charge in [-0.1, -0.05) is 64.3 Å². The maximum atomic E-state index is 3.32. The maximum Gasteiger partial charge on any atom is 0.0240 e. The molecule has 2 atom stereocenters. The van der Waals surface area contributed by atoms with Crippen LogP contribution >= 0.6 is 0 Å². The first-order valence-electron chi connectivity index (χ1n) is 6.76. The Morgan fingerprint density at radius 1 is 1.06 bits per heavy atom. The smallest absolute Gasteiger partial charge is 0.0240 e. The van der Waals surface area contributed by atoms with Crippen molar-refractivity contribution < 1.29 is 0 Å². The Kier molecular flexibility index (Phi) is 5.84. The zero-order chi connectivity index (χ0) is 12.7. The first kappa shape index (κ1) is 13.8. The highest BCUT2D eigenvalue weighted by atomic mass is 14.1. The molecule has 0 saturated carbocycles. The van der Waals surface area contributed by atoms with E-state index in [2.05, 4.69) is 63.8 Å². The Balaban J connectivity index is 2.71. The van der Waals surface area contributed by atoms with Crippen LogP contribution in [0.3, 0.4) is 0 Å². The molecule has 17 heavy (non-hydrogen) atoms. The fourth-order valence-electron chi connectivity index (χ4n) is 1.95. The third kappa shape index (κ3) is 4.27. The van der Waals surface area contributed by atoms with Gasteiger partial charge in [-0.3, -0.25) is 0 Å². The summed E-state index contributed by atoms with van der Waals surface area (Å²) in [4.78, 5) is 0. The topological polar surface area (TPSA) is 0 Å². The third-order valence-electron chi connectivity index (χ3n) is 3.30. The van der Waals surface area contributed by atoms with E-state index in [-0.39, 0.29) is 0 Å². The summed E-state index contributed by atoms with van der Waals surface area (Å²) in [5, 5.41) is 0. The Morgan fingerprint density at radius 3 is 2.24 bits per heavy atom. The molecule has 0 heteroatoms. The molecule has 0 aliphatic heterocycles. The van der Waals surface area contributed by atoms with Crippen LogP contribution < -0.4 is 0 Å². The second kappa shape index (κ2) is 7.17. The molecule has 2 unspecified atom stereocenters. The van der Waals surface area contributed by atoms with Gasteiger partial charge in [-0.25, -0.2) is 0 Å². The summed E-state index contributed by atoms with van der Waals surface area (Å²) < 4.78 is 0. The van der Waals surface area contributed by atoms with Crippen LogP contribution in [0.1, 0.15) is 57.6 Å². The molecule has 0 nitrogen and oxygen atoms in total. The van der Waals surface area contributed by atoms with Gasteiger partial charge in [-0.15, -0.1) is 5.92 Å². The van der Waals surface area contributed by atoms with E-state index >= 15 is 0 Å². The quantitative estimate of drug-likeness (QED) is 0.650. The molecule has 0 aliphatic rings. The number of benzene rings is 1. The first-order valence-corrected chi connectivity index (χ1v) is 6.76. The Morgan fingerprint density at radius 2 is 1.71 bits per heavy atom. The lowest BCUT2D eigenvalue weighted by atomic mass is 9.88. The molecule has 0 amide bonds. The van der Waals surface area contributed by atoms with Gasteiger partial charge >= 0.3 is 0 Å². The highest BCUT2D eigenvalue weighted by molar-refractivity contribution is 5.27. The van der Waals surface area contributed by atoms with Crippen molar-refractivity contribution in [1.29, 1.82) is 0 Å². The van der Waals surface area contributed by atoms with Crippen molar-refractivity contribution in [2.75, 3.05) is 0 Å². The first-order chi connectivity index (χ1) is 8.19. The zero-order valence-corrected chi connectivity index (χ0v) is 11.6. The molecule has 0 saturated heterocycles. The molecule has 0 spiro atoms. The van der Waals surface area contributed by atoms with E-state index < -0.39 is 0 Å². The molecule has 1 rings (SSSR count). The molecule has 0 fully saturated rings. The Labute approximate surface area is 106 Å². The van der Waals surface area contributed by atoms with E-state index in [1.165, 1.54) is 24.0 Å². The average molecular weight is 228 g/mol. The summed E-state index contributed by atoms with van der Waals surface area (Å²) in [7, 11) is 0. The highest BCUT2D eigenvalue weighted by Crippen LogP contribution is 2.24. The highest BCUT2D eigenvalue weighted by Gasteiger charge is 2.11. The SMILES string of the molecule is CCC#CC(C)C(C)c1ccc(CCC)cc1. The molecular formula is C17H24. The van der Waals surface area contributed by atoms with Crippen LogP contribution in [0.15, 0.2) is 24.3 Å². The summed E-state index contributed by atoms with van der Waals surface area (Å²) in [5.74, 6) is 7.46. The molecule has 0 aromatic heterocycles. The second-order valence-corrected chi connectivity index (χ2v) is 4.74. The Hall–Kier alpha value is -1.22. The van der Waals surface area contributed by atoms with Crippen molar-refractivity contribution in [2.45, 2.75) is 52.9 Å². The van der Waals surface area contributed by atoms with E-state index in [1.54, 1.807) is 0 Å². The number of aryl methyl sites for hydroxylation is 1. The van der Waals surface area contributed by atoms with Crippen molar-refractivity contribution in [2.24, 2.45) is 5.92 Å². The van der Waals surface area contributed by atoms with Gasteiger partial charge in [0, 0.05) is 12.3 Å². The summed E-state index contributed by atoms with van der Waals surface area (Å²) in [6.07, 6.45) is 3.35. The van der Waals surface area contributed by atoms with Gasteiger partial charge in [0.05, 0.1) is 0 Å². The van der Waals surface area contributed by atoms with E-state index in [9.17, 15) is 0 Å². The lowest BCUT2D eigenvalue weighted by Crippen LogP contribution is -2.04. The van der Waals surface area contributed by atoms with Gasteiger partial charge < -0.3 is 0 Å². The van der Waals surface area contributed by atoms with Crippen molar-refractivity contribution in [3.8, 4) is 11.8 Å². The van der Waals surface area contributed by atoms with E-state index in [4.69, 9.17) is 0 Å². The minimum Gasteiger partial charge on any atom is -0.103 e. The van der Waals surface area contributed by atoms with Gasteiger partial charge in [-0.05, 0) is 23.5 Å². The van der Waals surface area contributed by atoms with E-state index in [1.807, 2.05) is 0 Å². The summed E-state index contributed by atoms with van der Waals surface area (Å²) >= 11 is 0. The van der Waals surface area contributed by atoms with Crippen LogP contribution in [0.5, 0.6) is 0 Å². The van der Waals surface area contributed by atoms with Crippen LogP contribution in [-0.2, 0) is 6.42 Å². The third-order valence-corrected chi connectivity index (χ3v) is 3.30. The molecule has 1 aromatic rings. The van der Waals surface area contributed by atoms with E-state index in [0.29, 0.717) is 11.8 Å². The number of hydrogen-bond acceptors (Lipinski definition) is 0. The summed E-state index contributed by atoms with van der Waals surface area (Å²) in [5.41, 5.74) is 2.85. The fraction of sp³-hybridized carbons (Fsp3) is 0.529. The molecule has 0 heterocycles. The average Bonchev–Trinajstić information content (AvgIpc) is 2.36.